The minimum absolute atomic E-state index is 0.187. The van der Waals surface area contributed by atoms with Gasteiger partial charge in [0, 0.05) is 26.6 Å². The van der Waals surface area contributed by atoms with Crippen LogP contribution in [0.3, 0.4) is 0 Å². The molecule has 0 aromatic heterocycles. The van der Waals surface area contributed by atoms with Crippen molar-refractivity contribution in [3.8, 4) is 11.1 Å². The number of benzene rings is 3. The van der Waals surface area contributed by atoms with Gasteiger partial charge in [-0.1, -0.05) is 116 Å². The van der Waals surface area contributed by atoms with Gasteiger partial charge in [0.05, 0.1) is 0 Å². The summed E-state index contributed by atoms with van der Waals surface area (Å²) in [6, 6.07) is 26.2. The van der Waals surface area contributed by atoms with Crippen LogP contribution in [0, 0.1) is 17.8 Å². The van der Waals surface area contributed by atoms with Crippen LogP contribution in [0.4, 0.5) is 0 Å². The van der Waals surface area contributed by atoms with Crippen LogP contribution < -0.4 is 0 Å². The summed E-state index contributed by atoms with van der Waals surface area (Å²) >= 11 is 2.20. The maximum Gasteiger partial charge on any atom is 0.0202 e. The fraction of sp³-hybridized carbons (Fsp3) is 0.514. The largest absolute Gasteiger partial charge is 0.231 e. The predicted octanol–water partition coefficient (Wildman–Crippen LogP) is 10.6. The molecule has 0 saturated heterocycles. The molecule has 39 heavy (non-hydrogen) atoms. The van der Waals surface area contributed by atoms with Crippen LogP contribution in [0.2, 0.25) is 0 Å². The Bertz CT molecular complexity index is 1340. The summed E-state index contributed by atoms with van der Waals surface area (Å²) in [4.78, 5) is 1.57. The summed E-state index contributed by atoms with van der Waals surface area (Å²) in [5.41, 5.74) is 9.49. The molecule has 3 aromatic rings. The lowest BCUT2D eigenvalue weighted by Gasteiger charge is -2.54. The molecule has 0 amide bonds. The monoisotopic (exact) mass is 556 g/mol. The van der Waals surface area contributed by atoms with Crippen LogP contribution in [0.1, 0.15) is 88.8 Å². The zero-order valence-electron chi connectivity index (χ0n) is 25.3. The molecular weight excluding hydrogens is 509 g/mol. The first kappa shape index (κ1) is 27.5. The lowest BCUT2D eigenvalue weighted by molar-refractivity contribution is 0.463. The van der Waals surface area contributed by atoms with Crippen LogP contribution in [0.15, 0.2) is 71.6 Å². The normalized spacial score (nSPS) is 30.2. The Morgan fingerprint density at radius 2 is 1.46 bits per heavy atom. The van der Waals surface area contributed by atoms with Gasteiger partial charge in [-0.3, -0.25) is 0 Å². The molecule has 7 unspecified atom stereocenters. The number of hydrogen-bond donors (Lipinski definition) is 0. The van der Waals surface area contributed by atoms with Crippen LogP contribution in [0.5, 0.6) is 0 Å². The van der Waals surface area contributed by atoms with Gasteiger partial charge in [0.15, 0.2) is 0 Å². The molecule has 1 heterocycles. The van der Waals surface area contributed by atoms with Crippen molar-refractivity contribution in [3.05, 3.63) is 89.0 Å². The van der Waals surface area contributed by atoms with Crippen molar-refractivity contribution >= 4 is 21.8 Å². The van der Waals surface area contributed by atoms with Crippen molar-refractivity contribution in [1.29, 1.82) is 0 Å². The van der Waals surface area contributed by atoms with Crippen molar-refractivity contribution < 1.29 is 0 Å². The molecule has 0 nitrogen and oxygen atoms in total. The van der Waals surface area contributed by atoms with Gasteiger partial charge in [0.25, 0.3) is 0 Å². The zero-order valence-corrected chi connectivity index (χ0v) is 27.0. The average molecular weight is 557 g/mol. The molecule has 0 spiro atoms. The number of thioether (sulfide) groups is 1. The molecule has 1 fully saturated rings. The molecule has 1 saturated carbocycles. The van der Waals surface area contributed by atoms with E-state index >= 15 is 0 Å². The molecule has 2 aliphatic carbocycles. The number of rotatable bonds is 5. The molecule has 1 aliphatic heterocycles. The molecule has 0 N–H and O–H groups in total. The highest BCUT2D eigenvalue weighted by Crippen LogP contribution is 2.77. The van der Waals surface area contributed by atoms with Crippen LogP contribution in [-0.2, 0) is 11.8 Å². The van der Waals surface area contributed by atoms with Crippen molar-refractivity contribution in [1.82, 2.24) is 0 Å². The third kappa shape index (κ3) is 4.18. The van der Waals surface area contributed by atoms with E-state index in [4.69, 9.17) is 0 Å². The summed E-state index contributed by atoms with van der Waals surface area (Å²) in [5, 5.41) is 2.25. The van der Waals surface area contributed by atoms with E-state index in [1.54, 1.807) is 21.6 Å². The van der Waals surface area contributed by atoms with E-state index in [0.29, 0.717) is 11.2 Å². The average Bonchev–Trinajstić information content (AvgIpc) is 3.55. The fourth-order valence-corrected chi connectivity index (χ4v) is 16.6. The van der Waals surface area contributed by atoms with Gasteiger partial charge in [0.1, 0.15) is 0 Å². The molecule has 6 rings (SSSR count). The summed E-state index contributed by atoms with van der Waals surface area (Å²) in [6.07, 6.45) is 1.22. The minimum Gasteiger partial charge on any atom is -0.231 e. The Kier molecular flexibility index (Phi) is 7.07. The zero-order chi connectivity index (χ0) is 27.7. The highest BCUT2D eigenvalue weighted by atomic mass is 32.3. The van der Waals surface area contributed by atoms with E-state index in [2.05, 4.69) is 134 Å². The van der Waals surface area contributed by atoms with Crippen molar-refractivity contribution in [2.75, 3.05) is 11.5 Å². The van der Waals surface area contributed by atoms with Gasteiger partial charge in [0.2, 0.25) is 0 Å². The van der Waals surface area contributed by atoms with Gasteiger partial charge >= 0.3 is 0 Å². The van der Waals surface area contributed by atoms with Crippen molar-refractivity contribution in [2.45, 2.75) is 93.8 Å². The first-order valence-corrected chi connectivity index (χ1v) is 18.3. The highest BCUT2D eigenvalue weighted by Gasteiger charge is 2.58. The summed E-state index contributed by atoms with van der Waals surface area (Å²) < 4.78 is 0. The standard InChI is InChI=1S/C37H48S2/c1-9-39(10-2,36-25(5)24(4)34-33(36)30-14-11-12-17-32(30)38-34)35-23(3)22-31-28(15-13-16-29(31)35)26-18-20-27(21-19-26)37(6,7)8/h11-21,23-25,33-36H,9-10,22H2,1-8H3. The highest BCUT2D eigenvalue weighted by molar-refractivity contribution is 8.34. The van der Waals surface area contributed by atoms with Gasteiger partial charge in [-0.2, -0.15) is 0 Å². The molecule has 208 valence electrons. The smallest absolute Gasteiger partial charge is 0.0202 e. The SMILES string of the molecule is CCS(CC)(C1c2cccc(-c3ccc(C(C)(C)C)cc3)c2CC1C)C1C(C)C(C)C2Sc3ccccc3C21. The molecule has 2 heteroatoms. The summed E-state index contributed by atoms with van der Waals surface area (Å²) in [5.74, 6) is 5.66. The third-order valence-electron chi connectivity index (χ3n) is 10.9. The second-order valence-electron chi connectivity index (χ2n) is 13.7. The van der Waals surface area contributed by atoms with E-state index in [-0.39, 0.29) is 5.41 Å². The maximum atomic E-state index is 2.62. The molecule has 0 radical (unpaired) electrons. The third-order valence-corrected chi connectivity index (χ3v) is 18.2. The van der Waals surface area contributed by atoms with E-state index in [1.165, 1.54) is 34.6 Å². The lowest BCUT2D eigenvalue weighted by atomic mass is 9.86. The first-order chi connectivity index (χ1) is 18.6. The predicted molar refractivity (Wildman–Crippen MR) is 176 cm³/mol. The van der Waals surface area contributed by atoms with E-state index in [1.807, 2.05) is 0 Å². The van der Waals surface area contributed by atoms with Crippen LogP contribution in [-0.4, -0.2) is 22.0 Å². The Hall–Kier alpha value is -1.64. The lowest BCUT2D eigenvalue weighted by Crippen LogP contribution is -2.35. The quantitative estimate of drug-likeness (QED) is 0.301. The van der Waals surface area contributed by atoms with E-state index in [0.717, 1.165) is 28.3 Å². The Balaban J connectivity index is 1.45. The van der Waals surface area contributed by atoms with Crippen molar-refractivity contribution in [2.24, 2.45) is 17.8 Å². The molecular formula is C37H48S2. The Labute approximate surface area is 244 Å². The van der Waals surface area contributed by atoms with Gasteiger partial charge in [-0.05, 0) is 80.5 Å². The van der Waals surface area contributed by atoms with Gasteiger partial charge < -0.3 is 0 Å². The first-order valence-electron chi connectivity index (χ1n) is 15.4. The summed E-state index contributed by atoms with van der Waals surface area (Å²) in [6.45, 7) is 19.8. The molecule has 0 bridgehead atoms. The van der Waals surface area contributed by atoms with E-state index in [9.17, 15) is 0 Å². The van der Waals surface area contributed by atoms with Crippen LogP contribution in [0.25, 0.3) is 11.1 Å². The fourth-order valence-electron chi connectivity index (χ4n) is 8.79. The summed E-state index contributed by atoms with van der Waals surface area (Å²) in [7, 11) is -0.909. The molecule has 3 aromatic carbocycles. The van der Waals surface area contributed by atoms with E-state index < -0.39 is 10.0 Å². The number of hydrogen-bond acceptors (Lipinski definition) is 1. The molecule has 3 aliphatic rings. The van der Waals surface area contributed by atoms with Gasteiger partial charge in [-0.25, -0.2) is 10.0 Å². The van der Waals surface area contributed by atoms with Gasteiger partial charge in [-0.15, -0.1) is 11.8 Å². The Morgan fingerprint density at radius 3 is 2.13 bits per heavy atom. The molecule has 7 atom stereocenters. The minimum atomic E-state index is -0.909. The van der Waals surface area contributed by atoms with Crippen molar-refractivity contribution in [3.63, 3.8) is 0 Å². The second kappa shape index (κ2) is 10.0. The topological polar surface area (TPSA) is 0 Å². The second-order valence-corrected chi connectivity index (χ2v) is 19.2. The Morgan fingerprint density at radius 1 is 0.795 bits per heavy atom. The van der Waals surface area contributed by atoms with Crippen LogP contribution >= 0.6 is 21.8 Å². The number of fused-ring (bicyclic) bond motifs is 4. The maximum absolute atomic E-state index is 2.62.